The number of carbonyl (C=O) groups excluding carboxylic acids is 1. The number of thiazole rings is 1. The van der Waals surface area contributed by atoms with E-state index in [-0.39, 0.29) is 29.1 Å². The number of fused-ring (bicyclic) bond motifs is 1. The fourth-order valence-corrected chi connectivity index (χ4v) is 2.96. The van der Waals surface area contributed by atoms with Crippen LogP contribution in [0.4, 0.5) is 5.69 Å². The van der Waals surface area contributed by atoms with E-state index in [2.05, 4.69) is 9.97 Å². The maximum atomic E-state index is 12.7. The molecule has 0 N–H and O–H groups in total. The molecule has 0 unspecified atom stereocenters. The maximum absolute atomic E-state index is 12.7. The van der Waals surface area contributed by atoms with Gasteiger partial charge in [0.05, 0.1) is 24.0 Å². The quantitative estimate of drug-likeness (QED) is 0.375. The fraction of sp³-hybridized carbons (Fsp3) is 0.200. The average Bonchev–Trinajstić information content (AvgIpc) is 3.15. The number of ether oxygens (including phenoxy) is 2. The Labute approximate surface area is 149 Å². The molecule has 0 aromatic carbocycles. The summed E-state index contributed by atoms with van der Waals surface area (Å²) < 4.78 is 11.3. The van der Waals surface area contributed by atoms with E-state index < -0.39 is 22.0 Å². The molecule has 0 aliphatic heterocycles. The maximum Gasteiger partial charge on any atom is 0.343 e. The number of hydrogen-bond acceptors (Lipinski definition) is 9. The van der Waals surface area contributed by atoms with Crippen LogP contribution in [0.3, 0.4) is 0 Å². The lowest BCUT2D eigenvalue weighted by molar-refractivity contribution is -0.386. The van der Waals surface area contributed by atoms with Gasteiger partial charge in [0, 0.05) is 23.8 Å². The molecule has 0 saturated heterocycles. The molecule has 0 spiro atoms. The highest BCUT2D eigenvalue weighted by Gasteiger charge is 2.24. The molecule has 0 radical (unpaired) electrons. The molecule has 0 saturated carbocycles. The van der Waals surface area contributed by atoms with Gasteiger partial charge in [0.15, 0.2) is 10.8 Å². The van der Waals surface area contributed by atoms with Crippen molar-refractivity contribution in [2.24, 2.45) is 0 Å². The van der Waals surface area contributed by atoms with Crippen LogP contribution >= 0.6 is 11.3 Å². The Hall–Kier alpha value is -3.34. The van der Waals surface area contributed by atoms with Gasteiger partial charge in [-0.3, -0.25) is 19.5 Å². The van der Waals surface area contributed by atoms with Crippen molar-refractivity contribution >= 4 is 34.0 Å². The summed E-state index contributed by atoms with van der Waals surface area (Å²) in [5, 5.41) is 13.3. The third-order valence-electron chi connectivity index (χ3n) is 3.43. The Morgan fingerprint density at radius 3 is 2.81 bits per heavy atom. The summed E-state index contributed by atoms with van der Waals surface area (Å²) in [4.78, 5) is 43.6. The van der Waals surface area contributed by atoms with Crippen LogP contribution in [-0.4, -0.2) is 39.1 Å². The Bertz CT molecular complexity index is 1060. The number of rotatable bonds is 5. The highest BCUT2D eigenvalue weighted by atomic mass is 32.1. The molecular formula is C15H12N4O6S. The summed E-state index contributed by atoms with van der Waals surface area (Å²) in [6.45, 7) is 1.68. The zero-order valence-electron chi connectivity index (χ0n) is 13.7. The van der Waals surface area contributed by atoms with Crippen molar-refractivity contribution in [3.8, 4) is 11.0 Å². The van der Waals surface area contributed by atoms with E-state index in [0.29, 0.717) is 5.13 Å². The van der Waals surface area contributed by atoms with Gasteiger partial charge in [-0.05, 0) is 6.92 Å². The molecule has 26 heavy (non-hydrogen) atoms. The first-order valence-corrected chi connectivity index (χ1v) is 8.21. The van der Waals surface area contributed by atoms with Crippen LogP contribution in [0.5, 0.6) is 5.88 Å². The highest BCUT2D eigenvalue weighted by molar-refractivity contribution is 7.12. The highest BCUT2D eigenvalue weighted by Crippen LogP contribution is 2.29. The Balaban J connectivity index is 2.43. The first kappa shape index (κ1) is 17.5. The van der Waals surface area contributed by atoms with Crippen LogP contribution in [0.15, 0.2) is 28.6 Å². The van der Waals surface area contributed by atoms with Crippen molar-refractivity contribution in [3.63, 3.8) is 0 Å². The fourth-order valence-electron chi connectivity index (χ4n) is 2.34. The monoisotopic (exact) mass is 376 g/mol. The molecule has 10 nitrogen and oxygen atoms in total. The summed E-state index contributed by atoms with van der Waals surface area (Å²) in [6.07, 6.45) is 2.80. The molecule has 0 aliphatic carbocycles. The Kier molecular flexibility index (Phi) is 4.63. The molecule has 11 heteroatoms. The van der Waals surface area contributed by atoms with Crippen molar-refractivity contribution in [1.82, 2.24) is 14.5 Å². The number of nitro groups is 1. The number of carbonyl (C=O) groups is 1. The van der Waals surface area contributed by atoms with Gasteiger partial charge in [-0.1, -0.05) is 0 Å². The molecular weight excluding hydrogens is 364 g/mol. The van der Waals surface area contributed by atoms with Crippen molar-refractivity contribution in [2.45, 2.75) is 6.92 Å². The van der Waals surface area contributed by atoms with Gasteiger partial charge in [0.2, 0.25) is 5.43 Å². The van der Waals surface area contributed by atoms with E-state index in [1.165, 1.54) is 35.4 Å². The number of pyridine rings is 2. The summed E-state index contributed by atoms with van der Waals surface area (Å²) >= 11 is 1.24. The lowest BCUT2D eigenvalue weighted by Crippen LogP contribution is -2.21. The van der Waals surface area contributed by atoms with Crippen LogP contribution in [-0.2, 0) is 4.74 Å². The Morgan fingerprint density at radius 1 is 1.46 bits per heavy atom. The van der Waals surface area contributed by atoms with E-state index in [0.717, 1.165) is 6.07 Å². The smallest absolute Gasteiger partial charge is 0.343 e. The van der Waals surface area contributed by atoms with Gasteiger partial charge in [0.25, 0.3) is 5.88 Å². The summed E-state index contributed by atoms with van der Waals surface area (Å²) in [5.41, 5.74) is -1.38. The predicted molar refractivity (Wildman–Crippen MR) is 92.2 cm³/mol. The number of hydrogen-bond donors (Lipinski definition) is 0. The zero-order valence-corrected chi connectivity index (χ0v) is 14.5. The van der Waals surface area contributed by atoms with E-state index >= 15 is 0 Å². The molecule has 134 valence electrons. The summed E-state index contributed by atoms with van der Waals surface area (Å²) in [7, 11) is 1.24. The standard InChI is InChI=1S/C15H12N4O6S/c1-3-25-14(21)9-7-18(15-16-4-5-26-15)12-8(11(9)20)6-10(19(22)23)13(17-12)24-2/h4-7H,3H2,1-2H3. The topological polar surface area (TPSA) is 126 Å². The number of aromatic nitrogens is 3. The first-order valence-electron chi connectivity index (χ1n) is 7.33. The van der Waals surface area contributed by atoms with Crippen LogP contribution in [0.1, 0.15) is 17.3 Å². The molecule has 3 aromatic heterocycles. The molecule has 3 rings (SSSR count). The van der Waals surface area contributed by atoms with Gasteiger partial charge in [0.1, 0.15) is 5.56 Å². The van der Waals surface area contributed by atoms with Gasteiger partial charge < -0.3 is 9.47 Å². The predicted octanol–water partition coefficient (Wildman–Crippen LogP) is 1.94. The van der Waals surface area contributed by atoms with Crippen molar-refractivity contribution in [3.05, 3.63) is 49.7 Å². The molecule has 0 atom stereocenters. The van der Waals surface area contributed by atoms with E-state index in [9.17, 15) is 19.7 Å². The minimum atomic E-state index is -0.830. The van der Waals surface area contributed by atoms with E-state index in [1.54, 1.807) is 12.3 Å². The number of methoxy groups -OCH3 is 1. The molecule has 0 fully saturated rings. The third-order valence-corrected chi connectivity index (χ3v) is 4.21. The molecule has 0 amide bonds. The second-order valence-electron chi connectivity index (χ2n) is 4.92. The lowest BCUT2D eigenvalue weighted by Gasteiger charge is -2.11. The average molecular weight is 376 g/mol. The van der Waals surface area contributed by atoms with Crippen LogP contribution in [0, 0.1) is 10.1 Å². The molecule has 3 heterocycles. The van der Waals surface area contributed by atoms with Gasteiger partial charge in [-0.25, -0.2) is 9.78 Å². The third kappa shape index (κ3) is 2.88. The first-order chi connectivity index (χ1) is 12.5. The SMILES string of the molecule is CCOC(=O)c1cn(-c2nccs2)c2nc(OC)c([N+](=O)[O-])cc2c1=O. The van der Waals surface area contributed by atoms with Crippen LogP contribution in [0.2, 0.25) is 0 Å². The van der Waals surface area contributed by atoms with E-state index in [1.807, 2.05) is 0 Å². The lowest BCUT2D eigenvalue weighted by atomic mass is 10.2. The van der Waals surface area contributed by atoms with Crippen molar-refractivity contribution in [2.75, 3.05) is 13.7 Å². The van der Waals surface area contributed by atoms with Crippen molar-refractivity contribution < 1.29 is 19.2 Å². The van der Waals surface area contributed by atoms with Gasteiger partial charge in [-0.2, -0.15) is 4.98 Å². The molecule has 0 aliphatic rings. The second-order valence-corrected chi connectivity index (χ2v) is 5.80. The van der Waals surface area contributed by atoms with Crippen molar-refractivity contribution in [1.29, 1.82) is 0 Å². The summed E-state index contributed by atoms with van der Waals surface area (Å²) in [6, 6.07) is 1.04. The minimum absolute atomic E-state index is 0.0779. The second kappa shape index (κ2) is 6.88. The largest absolute Gasteiger partial charge is 0.476 e. The van der Waals surface area contributed by atoms with Crippen LogP contribution < -0.4 is 10.2 Å². The summed E-state index contributed by atoms with van der Waals surface area (Å²) in [5.74, 6) is -1.08. The van der Waals surface area contributed by atoms with Gasteiger partial charge >= 0.3 is 11.7 Å². The molecule has 0 bridgehead atoms. The number of nitrogens with zero attached hydrogens (tertiary/aromatic N) is 4. The Morgan fingerprint density at radius 2 is 2.23 bits per heavy atom. The normalized spacial score (nSPS) is 10.7. The minimum Gasteiger partial charge on any atom is -0.476 e. The number of esters is 1. The van der Waals surface area contributed by atoms with E-state index in [4.69, 9.17) is 9.47 Å². The zero-order chi connectivity index (χ0) is 18.8. The molecule has 3 aromatic rings. The van der Waals surface area contributed by atoms with Gasteiger partial charge in [-0.15, -0.1) is 11.3 Å². The van der Waals surface area contributed by atoms with Crippen LogP contribution in [0.25, 0.3) is 16.2 Å².